The molecule has 1 saturated carbocycles. The van der Waals surface area contributed by atoms with Gasteiger partial charge in [-0.25, -0.2) is 9.59 Å². The molecule has 1 unspecified atom stereocenters. The molecule has 0 radical (unpaired) electrons. The Morgan fingerprint density at radius 1 is 1.37 bits per heavy atom. The summed E-state index contributed by atoms with van der Waals surface area (Å²) in [7, 11) is 2.04. The van der Waals surface area contributed by atoms with E-state index in [1.165, 1.54) is 0 Å². The molecule has 19 heavy (non-hydrogen) atoms. The van der Waals surface area contributed by atoms with Crippen LogP contribution in [0.3, 0.4) is 0 Å². The average molecular weight is 271 g/mol. The van der Waals surface area contributed by atoms with Gasteiger partial charge in [0.25, 0.3) is 0 Å². The molecule has 0 heterocycles. The zero-order valence-corrected chi connectivity index (χ0v) is 12.0. The summed E-state index contributed by atoms with van der Waals surface area (Å²) in [5.41, 5.74) is 0. The third kappa shape index (κ3) is 5.92. The van der Waals surface area contributed by atoms with E-state index in [4.69, 9.17) is 5.11 Å². The van der Waals surface area contributed by atoms with Gasteiger partial charge in [0, 0.05) is 12.6 Å². The molecule has 0 spiro atoms. The lowest BCUT2D eigenvalue weighted by molar-refractivity contribution is -0.139. The van der Waals surface area contributed by atoms with Gasteiger partial charge in [-0.05, 0) is 52.6 Å². The molecule has 1 fully saturated rings. The molecular weight excluding hydrogens is 246 g/mol. The Bertz CT molecular complexity index is 316. The minimum atomic E-state index is -0.947. The first-order valence-corrected chi connectivity index (χ1v) is 6.89. The van der Waals surface area contributed by atoms with E-state index < -0.39 is 12.0 Å². The number of rotatable bonds is 8. The second-order valence-electron chi connectivity index (χ2n) is 5.48. The zero-order chi connectivity index (χ0) is 14.4. The van der Waals surface area contributed by atoms with Crippen LogP contribution in [0.4, 0.5) is 4.79 Å². The van der Waals surface area contributed by atoms with Crippen LogP contribution < -0.4 is 10.6 Å². The maximum absolute atomic E-state index is 11.6. The molecule has 110 valence electrons. The molecule has 0 aliphatic heterocycles. The van der Waals surface area contributed by atoms with Gasteiger partial charge in [-0.1, -0.05) is 0 Å². The lowest BCUT2D eigenvalue weighted by atomic mass is 10.2. The molecule has 2 amide bonds. The maximum atomic E-state index is 11.6. The fourth-order valence-corrected chi connectivity index (χ4v) is 1.79. The molecule has 1 aliphatic rings. The summed E-state index contributed by atoms with van der Waals surface area (Å²) < 4.78 is 0. The van der Waals surface area contributed by atoms with Crippen LogP contribution in [0.25, 0.3) is 0 Å². The molecule has 6 heteroatoms. The van der Waals surface area contributed by atoms with E-state index in [0.717, 1.165) is 25.8 Å². The highest BCUT2D eigenvalue weighted by atomic mass is 16.4. The predicted molar refractivity (Wildman–Crippen MR) is 73.1 cm³/mol. The van der Waals surface area contributed by atoms with Gasteiger partial charge in [-0.3, -0.25) is 0 Å². The van der Waals surface area contributed by atoms with Gasteiger partial charge in [-0.15, -0.1) is 0 Å². The van der Waals surface area contributed by atoms with Gasteiger partial charge < -0.3 is 20.6 Å². The Morgan fingerprint density at radius 2 is 2.00 bits per heavy atom. The molecular formula is C13H25N3O3. The Labute approximate surface area is 114 Å². The number of carboxylic acids is 1. The van der Waals surface area contributed by atoms with Crippen molar-refractivity contribution in [3.8, 4) is 0 Å². The Balaban J connectivity index is 2.15. The maximum Gasteiger partial charge on any atom is 0.326 e. The fourth-order valence-electron chi connectivity index (χ4n) is 1.79. The van der Waals surface area contributed by atoms with Crippen LogP contribution in [0.5, 0.6) is 0 Å². The molecule has 3 N–H and O–H groups in total. The first kappa shape index (κ1) is 15.8. The van der Waals surface area contributed by atoms with Crippen LogP contribution in [0, 0.1) is 5.92 Å². The number of nitrogens with zero attached hydrogens (tertiary/aromatic N) is 1. The van der Waals surface area contributed by atoms with Crippen LogP contribution in [-0.2, 0) is 4.79 Å². The monoisotopic (exact) mass is 271 g/mol. The normalized spacial score (nSPS) is 16.5. The molecule has 0 aromatic rings. The van der Waals surface area contributed by atoms with Crippen molar-refractivity contribution in [2.75, 3.05) is 20.1 Å². The molecule has 0 aromatic carbocycles. The van der Waals surface area contributed by atoms with Crippen molar-refractivity contribution in [1.29, 1.82) is 0 Å². The predicted octanol–water partition coefficient (Wildman–Crippen LogP) is 0.879. The second kappa shape index (κ2) is 7.33. The van der Waals surface area contributed by atoms with Crippen molar-refractivity contribution in [2.45, 2.75) is 45.2 Å². The van der Waals surface area contributed by atoms with E-state index in [1.54, 1.807) is 0 Å². The van der Waals surface area contributed by atoms with Gasteiger partial charge in [0.1, 0.15) is 6.04 Å². The van der Waals surface area contributed by atoms with Crippen molar-refractivity contribution in [1.82, 2.24) is 15.5 Å². The smallest absolute Gasteiger partial charge is 0.326 e. The van der Waals surface area contributed by atoms with Crippen molar-refractivity contribution in [2.24, 2.45) is 5.92 Å². The first-order valence-electron chi connectivity index (χ1n) is 6.89. The largest absolute Gasteiger partial charge is 0.480 e. The van der Waals surface area contributed by atoms with E-state index in [1.807, 2.05) is 7.05 Å². The summed E-state index contributed by atoms with van der Waals surface area (Å²) in [5, 5.41) is 14.2. The minimum Gasteiger partial charge on any atom is -0.480 e. The van der Waals surface area contributed by atoms with Crippen LogP contribution >= 0.6 is 0 Å². The first-order chi connectivity index (χ1) is 8.91. The standard InChI is InChI=1S/C13H25N3O3/c1-9(2)16(3)8-4-7-14-13(19)15-11(12(17)18)10-5-6-10/h9-11H,4-8H2,1-3H3,(H,17,18)(H2,14,15,19). The third-order valence-electron chi connectivity index (χ3n) is 3.50. The van der Waals surface area contributed by atoms with Crippen LogP contribution in [0.1, 0.15) is 33.1 Å². The SMILES string of the molecule is CC(C)N(C)CCCNC(=O)NC(C(=O)O)C1CC1. The van der Waals surface area contributed by atoms with Crippen molar-refractivity contribution < 1.29 is 14.7 Å². The highest BCUT2D eigenvalue weighted by Crippen LogP contribution is 2.32. The highest BCUT2D eigenvalue weighted by molar-refractivity contribution is 5.83. The van der Waals surface area contributed by atoms with Gasteiger partial charge in [-0.2, -0.15) is 0 Å². The minimum absolute atomic E-state index is 0.107. The molecule has 0 bridgehead atoms. The zero-order valence-electron chi connectivity index (χ0n) is 12.0. The summed E-state index contributed by atoms with van der Waals surface area (Å²) in [6.07, 6.45) is 2.62. The summed E-state index contributed by atoms with van der Waals surface area (Å²) in [4.78, 5) is 24.7. The number of carboxylic acid groups (broad SMARTS) is 1. The molecule has 0 aromatic heterocycles. The topological polar surface area (TPSA) is 81.7 Å². The Hall–Kier alpha value is -1.30. The lowest BCUT2D eigenvalue weighted by Crippen LogP contribution is -2.47. The quantitative estimate of drug-likeness (QED) is 0.572. The molecule has 6 nitrogen and oxygen atoms in total. The Morgan fingerprint density at radius 3 is 2.47 bits per heavy atom. The van der Waals surface area contributed by atoms with Crippen LogP contribution in [0.2, 0.25) is 0 Å². The summed E-state index contributed by atoms with van der Waals surface area (Å²) in [6.45, 7) is 5.70. The van der Waals surface area contributed by atoms with E-state index in [9.17, 15) is 9.59 Å². The molecule has 1 atom stereocenters. The van der Waals surface area contributed by atoms with Gasteiger partial charge >= 0.3 is 12.0 Å². The van der Waals surface area contributed by atoms with Gasteiger partial charge in [0.15, 0.2) is 0 Å². The summed E-state index contributed by atoms with van der Waals surface area (Å²) in [6, 6.07) is -0.634. The van der Waals surface area contributed by atoms with E-state index in [0.29, 0.717) is 12.6 Å². The number of hydrogen-bond donors (Lipinski definition) is 3. The number of amides is 2. The van der Waals surface area contributed by atoms with Crippen molar-refractivity contribution >= 4 is 12.0 Å². The number of carbonyl (C=O) groups is 2. The third-order valence-corrected chi connectivity index (χ3v) is 3.50. The number of aliphatic carboxylic acids is 1. The summed E-state index contributed by atoms with van der Waals surface area (Å²) in [5.74, 6) is -0.840. The number of nitrogens with one attached hydrogen (secondary N) is 2. The van der Waals surface area contributed by atoms with Crippen LogP contribution in [0.15, 0.2) is 0 Å². The molecule has 0 saturated heterocycles. The Kier molecular flexibility index (Phi) is 6.08. The number of hydrogen-bond acceptors (Lipinski definition) is 3. The average Bonchev–Trinajstić information content (AvgIpc) is 3.14. The summed E-state index contributed by atoms with van der Waals surface area (Å²) >= 11 is 0. The molecule has 1 aliphatic carbocycles. The van der Waals surface area contributed by atoms with Crippen molar-refractivity contribution in [3.05, 3.63) is 0 Å². The number of carbonyl (C=O) groups excluding carboxylic acids is 1. The molecule has 1 rings (SSSR count). The lowest BCUT2D eigenvalue weighted by Gasteiger charge is -2.21. The van der Waals surface area contributed by atoms with E-state index >= 15 is 0 Å². The van der Waals surface area contributed by atoms with Crippen molar-refractivity contribution in [3.63, 3.8) is 0 Å². The van der Waals surface area contributed by atoms with Gasteiger partial charge in [0.2, 0.25) is 0 Å². The van der Waals surface area contributed by atoms with E-state index in [-0.39, 0.29) is 11.9 Å². The number of urea groups is 1. The fraction of sp³-hybridized carbons (Fsp3) is 0.846. The van der Waals surface area contributed by atoms with Gasteiger partial charge in [0.05, 0.1) is 0 Å². The highest BCUT2D eigenvalue weighted by Gasteiger charge is 2.37. The van der Waals surface area contributed by atoms with Crippen LogP contribution in [-0.4, -0.2) is 54.2 Å². The van der Waals surface area contributed by atoms with E-state index in [2.05, 4.69) is 29.4 Å². The second-order valence-corrected chi connectivity index (χ2v) is 5.48.